The fraction of sp³-hybridized carbons (Fsp3) is 0.560. The average molecular weight is 507 g/mol. The quantitative estimate of drug-likeness (QED) is 0.465. The molecule has 11 heteroatoms. The summed E-state index contributed by atoms with van der Waals surface area (Å²) >= 11 is 0. The van der Waals surface area contributed by atoms with Gasteiger partial charge in [-0.1, -0.05) is 18.6 Å². The highest BCUT2D eigenvalue weighted by Gasteiger charge is 2.39. The van der Waals surface area contributed by atoms with Gasteiger partial charge in [-0.3, -0.25) is 9.48 Å². The number of nitrogens with zero attached hydrogens (tertiary/aromatic N) is 4. The third kappa shape index (κ3) is 5.89. The van der Waals surface area contributed by atoms with Crippen LogP contribution in [0.3, 0.4) is 0 Å². The number of likely N-dealkylation sites (tertiary alicyclic amines) is 1. The van der Waals surface area contributed by atoms with Crippen LogP contribution in [0.1, 0.15) is 66.6 Å². The van der Waals surface area contributed by atoms with Gasteiger partial charge < -0.3 is 26.0 Å². The smallest absolute Gasteiger partial charge is 0.379 e. The van der Waals surface area contributed by atoms with Gasteiger partial charge in [-0.05, 0) is 69.6 Å². The maximum absolute atomic E-state index is 12.8. The molecule has 2 aliphatic rings. The van der Waals surface area contributed by atoms with Gasteiger partial charge in [0.25, 0.3) is 5.91 Å². The number of piperidine rings is 1. The van der Waals surface area contributed by atoms with Crippen LogP contribution < -0.4 is 11.1 Å². The second-order valence-electron chi connectivity index (χ2n) is 9.72. The standard InChI is InChI=1S/C25H33F3N6O2/c1-30-14-17-13-19(33-11-3-2-4-12-33)9-10-21(17)34-15-20(23(29)36)24(32-34)31-18-7-5-16(6-8-18)22(35)25(26,27)28/h5-8,15,17,19,21-22,35H,1-4,9-14H2,(H2,29,36)(H,31,32)/t17-,19-,21+,22-/m1/s1. The second kappa shape index (κ2) is 11.0. The number of aromatic nitrogens is 2. The first-order chi connectivity index (χ1) is 17.2. The van der Waals surface area contributed by atoms with Gasteiger partial charge in [0.1, 0.15) is 5.56 Å². The molecule has 1 aromatic carbocycles. The fourth-order valence-electron chi connectivity index (χ4n) is 5.46. The number of aliphatic hydroxyl groups is 1. The Hall–Kier alpha value is -2.92. The number of halogens is 3. The molecule has 0 unspecified atom stereocenters. The molecule has 4 N–H and O–H groups in total. The van der Waals surface area contributed by atoms with Gasteiger partial charge in [-0.15, -0.1) is 0 Å². The molecule has 4 atom stereocenters. The number of primary amides is 1. The minimum Gasteiger partial charge on any atom is -0.379 e. The molecule has 0 spiro atoms. The number of carbonyl (C=O) groups excluding carboxylic acids is 1. The Morgan fingerprint density at radius 1 is 1.22 bits per heavy atom. The lowest BCUT2D eigenvalue weighted by Crippen LogP contribution is -2.44. The number of nitrogens with two attached hydrogens (primary N) is 1. The highest BCUT2D eigenvalue weighted by atomic mass is 19.4. The molecule has 1 saturated carbocycles. The van der Waals surface area contributed by atoms with Crippen LogP contribution in [-0.4, -0.2) is 64.3 Å². The van der Waals surface area contributed by atoms with E-state index in [4.69, 9.17) is 5.73 Å². The molecule has 1 saturated heterocycles. The third-order valence-corrected chi connectivity index (χ3v) is 7.32. The molecule has 2 aromatic rings. The number of rotatable bonds is 8. The van der Waals surface area contributed by atoms with Crippen LogP contribution in [0, 0.1) is 5.92 Å². The molecule has 8 nitrogen and oxygen atoms in total. The predicted molar refractivity (Wildman–Crippen MR) is 131 cm³/mol. The number of aliphatic hydroxyl groups excluding tert-OH is 1. The molecule has 1 amide bonds. The molecule has 2 heterocycles. The Balaban J connectivity index is 1.52. The van der Waals surface area contributed by atoms with Crippen molar-refractivity contribution in [2.24, 2.45) is 16.6 Å². The summed E-state index contributed by atoms with van der Waals surface area (Å²) in [6.45, 7) is 6.54. The van der Waals surface area contributed by atoms with Crippen LogP contribution >= 0.6 is 0 Å². The lowest BCUT2D eigenvalue weighted by Gasteiger charge is -2.42. The summed E-state index contributed by atoms with van der Waals surface area (Å²) in [4.78, 5) is 18.9. The van der Waals surface area contributed by atoms with Crippen LogP contribution in [0.15, 0.2) is 35.5 Å². The maximum Gasteiger partial charge on any atom is 0.418 e. The van der Waals surface area contributed by atoms with Crippen molar-refractivity contribution < 1.29 is 23.1 Å². The van der Waals surface area contributed by atoms with Crippen molar-refractivity contribution in [1.82, 2.24) is 14.7 Å². The van der Waals surface area contributed by atoms with Crippen molar-refractivity contribution in [3.8, 4) is 0 Å². The van der Waals surface area contributed by atoms with Crippen LogP contribution in [0.5, 0.6) is 0 Å². The molecule has 36 heavy (non-hydrogen) atoms. The summed E-state index contributed by atoms with van der Waals surface area (Å²) in [5, 5.41) is 17.0. The van der Waals surface area contributed by atoms with Crippen LogP contribution in [0.25, 0.3) is 0 Å². The van der Waals surface area contributed by atoms with Crippen molar-refractivity contribution in [1.29, 1.82) is 0 Å². The number of alkyl halides is 3. The summed E-state index contributed by atoms with van der Waals surface area (Å²) < 4.78 is 40.1. The first-order valence-corrected chi connectivity index (χ1v) is 12.3. The van der Waals surface area contributed by atoms with Gasteiger partial charge in [0.2, 0.25) is 0 Å². The van der Waals surface area contributed by atoms with Gasteiger partial charge in [0.05, 0.1) is 6.04 Å². The summed E-state index contributed by atoms with van der Waals surface area (Å²) in [5.74, 6) is -0.219. The zero-order valence-corrected chi connectivity index (χ0v) is 20.1. The highest BCUT2D eigenvalue weighted by molar-refractivity contribution is 5.98. The number of carbonyl (C=O) groups is 1. The number of nitrogens with one attached hydrogen (secondary N) is 1. The van der Waals surface area contributed by atoms with Crippen molar-refractivity contribution >= 4 is 24.1 Å². The Kier molecular flexibility index (Phi) is 7.99. The molecular formula is C25H33F3N6O2. The highest BCUT2D eigenvalue weighted by Crippen LogP contribution is 2.38. The van der Waals surface area contributed by atoms with E-state index in [0.717, 1.165) is 32.4 Å². The molecule has 4 rings (SSSR count). The normalized spacial score (nSPS) is 24.3. The Morgan fingerprint density at radius 2 is 1.92 bits per heavy atom. The Bertz CT molecular complexity index is 1050. The fourth-order valence-corrected chi connectivity index (χ4v) is 5.46. The van der Waals surface area contributed by atoms with Crippen molar-refractivity contribution in [2.75, 3.05) is 25.0 Å². The molecular weight excluding hydrogens is 473 g/mol. The van der Waals surface area contributed by atoms with E-state index in [9.17, 15) is 23.1 Å². The van der Waals surface area contributed by atoms with E-state index in [1.807, 2.05) is 0 Å². The van der Waals surface area contributed by atoms with Gasteiger partial charge in [0.15, 0.2) is 11.9 Å². The topological polar surface area (TPSA) is 109 Å². The Morgan fingerprint density at radius 3 is 2.53 bits per heavy atom. The summed E-state index contributed by atoms with van der Waals surface area (Å²) in [6, 6.07) is 5.66. The van der Waals surface area contributed by atoms with E-state index in [2.05, 4.69) is 27.0 Å². The van der Waals surface area contributed by atoms with E-state index in [1.54, 1.807) is 10.9 Å². The van der Waals surface area contributed by atoms with Gasteiger partial charge >= 0.3 is 6.18 Å². The van der Waals surface area contributed by atoms with Gasteiger partial charge in [-0.2, -0.15) is 18.3 Å². The van der Waals surface area contributed by atoms with E-state index in [1.165, 1.54) is 43.5 Å². The lowest BCUT2D eigenvalue weighted by atomic mass is 9.80. The molecule has 1 aliphatic heterocycles. The molecule has 1 aliphatic carbocycles. The summed E-state index contributed by atoms with van der Waals surface area (Å²) in [6.07, 6.45) is 0.941. The van der Waals surface area contributed by atoms with E-state index in [-0.39, 0.29) is 28.9 Å². The first kappa shape index (κ1) is 26.2. The number of hydrogen-bond donors (Lipinski definition) is 3. The monoisotopic (exact) mass is 506 g/mol. The van der Waals surface area contributed by atoms with Crippen LogP contribution in [-0.2, 0) is 0 Å². The largest absolute Gasteiger partial charge is 0.418 e. The van der Waals surface area contributed by atoms with Crippen molar-refractivity contribution in [3.63, 3.8) is 0 Å². The van der Waals surface area contributed by atoms with E-state index < -0.39 is 18.2 Å². The second-order valence-corrected chi connectivity index (χ2v) is 9.72. The number of anilines is 2. The van der Waals surface area contributed by atoms with Crippen LogP contribution in [0.2, 0.25) is 0 Å². The van der Waals surface area contributed by atoms with E-state index in [0.29, 0.717) is 18.3 Å². The van der Waals surface area contributed by atoms with Crippen molar-refractivity contribution in [3.05, 3.63) is 41.6 Å². The zero-order chi connectivity index (χ0) is 25.9. The van der Waals surface area contributed by atoms with Crippen molar-refractivity contribution in [2.45, 2.75) is 62.9 Å². The number of benzene rings is 1. The maximum atomic E-state index is 12.8. The molecule has 2 fully saturated rings. The molecule has 1 aromatic heterocycles. The first-order valence-electron chi connectivity index (χ1n) is 12.3. The van der Waals surface area contributed by atoms with E-state index >= 15 is 0 Å². The van der Waals surface area contributed by atoms with Gasteiger partial charge in [-0.25, -0.2) is 0 Å². The summed E-state index contributed by atoms with van der Waals surface area (Å²) in [7, 11) is 0. The van der Waals surface area contributed by atoms with Crippen LogP contribution in [0.4, 0.5) is 24.7 Å². The lowest BCUT2D eigenvalue weighted by molar-refractivity contribution is -0.206. The SMILES string of the molecule is C=NC[C@H]1C[C@H](N2CCCCC2)CC[C@@H]1n1cc(C(N)=O)c(Nc2ccc([C@@H](O)C(F)(F)F)cc2)n1. The minimum atomic E-state index is -4.75. The zero-order valence-electron chi connectivity index (χ0n) is 20.1. The number of aliphatic imine (C=N–C) groups is 1. The molecule has 0 bridgehead atoms. The number of amides is 1. The average Bonchev–Trinajstić information content (AvgIpc) is 3.28. The number of hydrogen-bond acceptors (Lipinski definition) is 6. The van der Waals surface area contributed by atoms with Gasteiger partial charge in [0, 0.05) is 30.4 Å². The Labute approximate surface area is 208 Å². The summed E-state index contributed by atoms with van der Waals surface area (Å²) in [5.41, 5.74) is 5.94. The minimum absolute atomic E-state index is 0.0227. The molecule has 0 radical (unpaired) electrons. The molecule has 196 valence electrons. The predicted octanol–water partition coefficient (Wildman–Crippen LogP) is 4.22. The third-order valence-electron chi connectivity index (χ3n) is 7.32.